The lowest BCUT2D eigenvalue weighted by Gasteiger charge is -2.31. The van der Waals surface area contributed by atoms with Crippen LogP contribution < -0.4 is 10.2 Å². The van der Waals surface area contributed by atoms with E-state index < -0.39 is 6.43 Å². The molecule has 37 heavy (non-hydrogen) atoms. The van der Waals surface area contributed by atoms with Gasteiger partial charge in [0.2, 0.25) is 0 Å². The van der Waals surface area contributed by atoms with Gasteiger partial charge in [-0.2, -0.15) is 0 Å². The van der Waals surface area contributed by atoms with Crippen molar-refractivity contribution in [3.63, 3.8) is 0 Å². The molecule has 1 aromatic heterocycles. The van der Waals surface area contributed by atoms with Crippen LogP contribution in [0.5, 0.6) is 0 Å². The standard InChI is InChI=1S/C30H37F3N4/c1-3-21-13-28-25(14-26(21)31)29(37-18-23-10-12-36(2)17-24(23)19-37)15-27(35-28)22-8-6-20(7-9-22)5-4-11-34-16-30(32)33/h6-9,13-15,23-24,30,34H,3-5,10-12,16-19H2,1-2H3. The fourth-order valence-electron chi connectivity index (χ4n) is 5.97. The molecule has 0 spiro atoms. The normalized spacial score (nSPS) is 20.2. The second-order valence-corrected chi connectivity index (χ2v) is 10.7. The summed E-state index contributed by atoms with van der Waals surface area (Å²) in [6.45, 7) is 6.54. The Morgan fingerprint density at radius 3 is 2.59 bits per heavy atom. The van der Waals surface area contributed by atoms with E-state index in [9.17, 15) is 13.2 Å². The molecule has 198 valence electrons. The van der Waals surface area contributed by atoms with Crippen molar-refractivity contribution in [1.29, 1.82) is 0 Å². The monoisotopic (exact) mass is 510 g/mol. The molecule has 4 nitrogen and oxygen atoms in total. The molecule has 2 aliphatic rings. The van der Waals surface area contributed by atoms with Crippen molar-refractivity contribution in [2.75, 3.05) is 51.2 Å². The molecule has 2 atom stereocenters. The van der Waals surface area contributed by atoms with E-state index in [1.165, 1.54) is 12.0 Å². The van der Waals surface area contributed by atoms with Gasteiger partial charge in [0.25, 0.3) is 6.43 Å². The third kappa shape index (κ3) is 5.93. The minimum atomic E-state index is -2.31. The van der Waals surface area contributed by atoms with Gasteiger partial charge in [-0.1, -0.05) is 31.2 Å². The summed E-state index contributed by atoms with van der Waals surface area (Å²) in [4.78, 5) is 9.85. The zero-order chi connectivity index (χ0) is 25.9. The molecule has 7 heteroatoms. The maximum Gasteiger partial charge on any atom is 0.250 e. The molecule has 0 radical (unpaired) electrons. The summed E-state index contributed by atoms with van der Waals surface area (Å²) in [7, 11) is 2.20. The predicted molar refractivity (Wildman–Crippen MR) is 145 cm³/mol. The molecule has 2 aromatic carbocycles. The molecule has 2 fully saturated rings. The van der Waals surface area contributed by atoms with Crippen molar-refractivity contribution >= 4 is 16.6 Å². The Morgan fingerprint density at radius 1 is 1.05 bits per heavy atom. The predicted octanol–water partition coefficient (Wildman–Crippen LogP) is 5.78. The van der Waals surface area contributed by atoms with Gasteiger partial charge in [0.05, 0.1) is 17.8 Å². The number of aromatic nitrogens is 1. The van der Waals surface area contributed by atoms with Crippen molar-refractivity contribution in [2.45, 2.75) is 39.0 Å². The highest BCUT2D eigenvalue weighted by molar-refractivity contribution is 5.95. The van der Waals surface area contributed by atoms with Crippen LogP contribution in [0.25, 0.3) is 22.2 Å². The first-order chi connectivity index (χ1) is 17.9. The molecule has 2 saturated heterocycles. The number of rotatable bonds is 9. The Morgan fingerprint density at radius 2 is 1.84 bits per heavy atom. The number of nitrogens with one attached hydrogen (secondary N) is 1. The van der Waals surface area contributed by atoms with Crippen LogP contribution in [0.1, 0.15) is 30.9 Å². The number of anilines is 1. The Labute approximate surface area is 217 Å². The molecular weight excluding hydrogens is 473 g/mol. The fraction of sp³-hybridized carbons (Fsp3) is 0.500. The number of halogens is 3. The average Bonchev–Trinajstić information content (AvgIpc) is 3.31. The molecule has 0 saturated carbocycles. The van der Waals surface area contributed by atoms with Crippen LogP contribution in [-0.4, -0.2) is 62.6 Å². The number of piperidine rings is 1. The van der Waals surface area contributed by atoms with Crippen molar-refractivity contribution in [3.05, 3.63) is 59.4 Å². The van der Waals surface area contributed by atoms with Crippen LogP contribution in [0.4, 0.5) is 18.9 Å². The third-order valence-electron chi connectivity index (χ3n) is 8.05. The summed E-state index contributed by atoms with van der Waals surface area (Å²) >= 11 is 0. The largest absolute Gasteiger partial charge is 0.370 e. The molecule has 1 N–H and O–H groups in total. The van der Waals surface area contributed by atoms with Gasteiger partial charge in [-0.15, -0.1) is 0 Å². The molecule has 3 heterocycles. The lowest BCUT2D eigenvalue weighted by Crippen LogP contribution is -2.37. The van der Waals surface area contributed by atoms with Gasteiger partial charge in [0.1, 0.15) is 5.82 Å². The minimum Gasteiger partial charge on any atom is -0.370 e. The van der Waals surface area contributed by atoms with Crippen LogP contribution in [0.3, 0.4) is 0 Å². The second kappa shape index (κ2) is 11.4. The summed E-state index contributed by atoms with van der Waals surface area (Å²) in [5.41, 5.74) is 5.71. The molecule has 2 unspecified atom stereocenters. The SMILES string of the molecule is CCc1cc2nc(-c3ccc(CCCNCC(F)F)cc3)cc(N3CC4CCN(C)CC4C3)c2cc1F. The smallest absolute Gasteiger partial charge is 0.250 e. The van der Waals surface area contributed by atoms with Crippen molar-refractivity contribution in [2.24, 2.45) is 11.8 Å². The molecule has 5 rings (SSSR count). The number of hydrogen-bond acceptors (Lipinski definition) is 4. The summed E-state index contributed by atoms with van der Waals surface area (Å²) in [5, 5.41) is 3.67. The van der Waals surface area contributed by atoms with Crippen LogP contribution in [0, 0.1) is 17.7 Å². The van der Waals surface area contributed by atoms with E-state index in [0.29, 0.717) is 30.4 Å². The van der Waals surface area contributed by atoms with E-state index in [0.717, 1.165) is 66.9 Å². The van der Waals surface area contributed by atoms with Crippen LogP contribution in [0.15, 0.2) is 42.5 Å². The Bertz CT molecular complexity index is 1210. The van der Waals surface area contributed by atoms with Crippen molar-refractivity contribution in [1.82, 2.24) is 15.2 Å². The second-order valence-electron chi connectivity index (χ2n) is 10.7. The van der Waals surface area contributed by atoms with Crippen LogP contribution >= 0.6 is 0 Å². The van der Waals surface area contributed by atoms with Gasteiger partial charge in [-0.3, -0.25) is 0 Å². The van der Waals surface area contributed by atoms with E-state index in [4.69, 9.17) is 4.98 Å². The van der Waals surface area contributed by atoms with Gasteiger partial charge in [0.15, 0.2) is 0 Å². The number of likely N-dealkylation sites (tertiary alicyclic amines) is 1. The molecule has 0 aliphatic carbocycles. The zero-order valence-electron chi connectivity index (χ0n) is 21.8. The number of fused-ring (bicyclic) bond motifs is 2. The number of nitrogens with zero attached hydrogens (tertiary/aromatic N) is 3. The summed E-state index contributed by atoms with van der Waals surface area (Å²) < 4.78 is 39.5. The first kappa shape index (κ1) is 26.0. The van der Waals surface area contributed by atoms with E-state index >= 15 is 0 Å². The lowest BCUT2D eigenvalue weighted by molar-refractivity contribution is 0.146. The Balaban J connectivity index is 1.41. The highest BCUT2D eigenvalue weighted by atomic mass is 19.3. The topological polar surface area (TPSA) is 31.4 Å². The van der Waals surface area contributed by atoms with E-state index in [-0.39, 0.29) is 12.4 Å². The van der Waals surface area contributed by atoms with Gasteiger partial charge in [0, 0.05) is 36.3 Å². The Kier molecular flexibility index (Phi) is 8.01. The van der Waals surface area contributed by atoms with E-state index in [1.807, 2.05) is 13.0 Å². The van der Waals surface area contributed by atoms with Gasteiger partial charge in [-0.25, -0.2) is 18.2 Å². The van der Waals surface area contributed by atoms with E-state index in [2.05, 4.69) is 52.5 Å². The van der Waals surface area contributed by atoms with E-state index in [1.54, 1.807) is 6.07 Å². The maximum absolute atomic E-state index is 14.9. The quantitative estimate of drug-likeness (QED) is 0.370. The highest BCUT2D eigenvalue weighted by Crippen LogP contribution is 2.39. The maximum atomic E-state index is 14.9. The van der Waals surface area contributed by atoms with Crippen molar-refractivity contribution < 1.29 is 13.2 Å². The third-order valence-corrected chi connectivity index (χ3v) is 8.05. The number of alkyl halides is 2. The average molecular weight is 511 g/mol. The molecule has 0 amide bonds. The minimum absolute atomic E-state index is 0.158. The Hall–Kier alpha value is -2.64. The summed E-state index contributed by atoms with van der Waals surface area (Å²) in [6.07, 6.45) is 1.17. The zero-order valence-corrected chi connectivity index (χ0v) is 21.8. The number of benzene rings is 2. The highest BCUT2D eigenvalue weighted by Gasteiger charge is 2.36. The fourth-order valence-corrected chi connectivity index (χ4v) is 5.97. The van der Waals surface area contributed by atoms with Gasteiger partial charge in [-0.05, 0) is 87.0 Å². The molecule has 3 aromatic rings. The summed E-state index contributed by atoms with van der Waals surface area (Å²) in [5.74, 6) is 1.16. The van der Waals surface area contributed by atoms with Crippen molar-refractivity contribution in [3.8, 4) is 11.3 Å². The molecule has 2 aliphatic heterocycles. The number of pyridine rings is 1. The number of hydrogen-bond donors (Lipinski definition) is 1. The van der Waals surface area contributed by atoms with Gasteiger partial charge >= 0.3 is 0 Å². The lowest BCUT2D eigenvalue weighted by atomic mass is 9.89. The van der Waals surface area contributed by atoms with Crippen LogP contribution in [-0.2, 0) is 12.8 Å². The first-order valence-electron chi connectivity index (χ1n) is 13.6. The van der Waals surface area contributed by atoms with Gasteiger partial charge < -0.3 is 15.1 Å². The number of aryl methyl sites for hydroxylation is 2. The summed E-state index contributed by atoms with van der Waals surface area (Å²) in [6, 6.07) is 14.1. The first-order valence-corrected chi connectivity index (χ1v) is 13.6. The molecular formula is C30H37F3N4. The van der Waals surface area contributed by atoms with Crippen LogP contribution in [0.2, 0.25) is 0 Å². The molecule has 0 bridgehead atoms.